The number of carbonyl (C=O) groups excluding carboxylic acids is 1. The average molecular weight is 359 g/mol. The van der Waals surface area contributed by atoms with Crippen LogP contribution in [0.2, 0.25) is 0 Å². The van der Waals surface area contributed by atoms with E-state index in [-0.39, 0.29) is 24.8 Å². The van der Waals surface area contributed by atoms with E-state index in [1.807, 2.05) is 57.2 Å². The van der Waals surface area contributed by atoms with Crippen LogP contribution in [-0.2, 0) is 33.9 Å². The monoisotopic (exact) mass is 358 g/mol. The summed E-state index contributed by atoms with van der Waals surface area (Å²) in [5.41, 5.74) is 2.56. The van der Waals surface area contributed by atoms with Gasteiger partial charge < -0.3 is 5.11 Å². The lowest BCUT2D eigenvalue weighted by molar-refractivity contribution is -0.118. The fourth-order valence-electron chi connectivity index (χ4n) is 3.37. The highest BCUT2D eigenvalue weighted by molar-refractivity contribution is 7.86. The number of rotatable bonds is 3. The third-order valence-electron chi connectivity index (χ3n) is 4.73. The summed E-state index contributed by atoms with van der Waals surface area (Å²) in [6, 6.07) is 13.1. The number of hydrogen-bond acceptors (Lipinski definition) is 3. The molecule has 25 heavy (non-hydrogen) atoms. The SMILES string of the molecule is CC(C)(C)c1ccc(CC(=O)C2CCc3ccccc3S2=O)cc1O.[HH]. The maximum Gasteiger partial charge on any atom is 0.153 e. The van der Waals surface area contributed by atoms with Crippen molar-refractivity contribution >= 4 is 16.6 Å². The van der Waals surface area contributed by atoms with Crippen LogP contribution in [0.4, 0.5) is 0 Å². The fraction of sp³-hybridized carbons (Fsp3) is 0.381. The highest BCUT2D eigenvalue weighted by Gasteiger charge is 2.31. The molecule has 0 radical (unpaired) electrons. The standard InChI is InChI=1S/C21H24O3S.H2/c1-21(2,3)16-10-8-14(12-17(16)22)13-18(23)20-11-9-15-6-4-5-7-19(15)25(20)24;/h4-8,10,12,20,22H,9,11,13H2,1-3H3;1H. The summed E-state index contributed by atoms with van der Waals surface area (Å²) in [5, 5.41) is 9.80. The number of carbonyl (C=O) groups is 1. The Labute approximate surface area is 153 Å². The minimum atomic E-state index is -1.29. The lowest BCUT2D eigenvalue weighted by Crippen LogP contribution is -2.31. The molecule has 0 saturated carbocycles. The van der Waals surface area contributed by atoms with Crippen molar-refractivity contribution in [3.63, 3.8) is 0 Å². The summed E-state index contributed by atoms with van der Waals surface area (Å²) >= 11 is 0. The first-order valence-corrected chi connectivity index (χ1v) is 9.82. The largest absolute Gasteiger partial charge is 0.508 e. The molecule has 1 aliphatic heterocycles. The second kappa shape index (κ2) is 6.75. The number of fused-ring (bicyclic) bond motifs is 1. The number of hydrogen-bond donors (Lipinski definition) is 1. The first-order valence-electron chi connectivity index (χ1n) is 8.61. The predicted molar refractivity (Wildman–Crippen MR) is 103 cm³/mol. The van der Waals surface area contributed by atoms with Crippen LogP contribution in [0.5, 0.6) is 5.75 Å². The minimum absolute atomic E-state index is 0. The Balaban J connectivity index is 0.00000243. The maximum absolute atomic E-state index is 12.7. The van der Waals surface area contributed by atoms with Crippen LogP contribution in [0, 0.1) is 0 Å². The molecule has 2 aromatic rings. The van der Waals surface area contributed by atoms with Crippen molar-refractivity contribution < 1.29 is 15.5 Å². The molecule has 3 nitrogen and oxygen atoms in total. The van der Waals surface area contributed by atoms with Gasteiger partial charge in [0.1, 0.15) is 5.75 Å². The van der Waals surface area contributed by atoms with Crippen molar-refractivity contribution in [1.29, 1.82) is 0 Å². The first kappa shape index (κ1) is 17.9. The maximum atomic E-state index is 12.7. The zero-order valence-electron chi connectivity index (χ0n) is 14.9. The van der Waals surface area contributed by atoms with E-state index in [4.69, 9.17) is 0 Å². The minimum Gasteiger partial charge on any atom is -0.508 e. The molecule has 0 fully saturated rings. The van der Waals surface area contributed by atoms with Gasteiger partial charge in [-0.3, -0.25) is 9.00 Å². The molecule has 0 spiro atoms. The number of ketones is 1. The third-order valence-corrected chi connectivity index (χ3v) is 6.58. The van der Waals surface area contributed by atoms with Crippen LogP contribution < -0.4 is 0 Å². The molecular formula is C21H26O3S. The Hall–Kier alpha value is -1.94. The Kier molecular flexibility index (Phi) is 4.83. The van der Waals surface area contributed by atoms with Gasteiger partial charge in [-0.1, -0.05) is 51.1 Å². The van der Waals surface area contributed by atoms with Crippen molar-refractivity contribution in [2.75, 3.05) is 0 Å². The highest BCUT2D eigenvalue weighted by atomic mass is 32.2. The van der Waals surface area contributed by atoms with Crippen LogP contribution in [0.25, 0.3) is 0 Å². The second-order valence-electron chi connectivity index (χ2n) is 7.68. The molecular weight excluding hydrogens is 332 g/mol. The van der Waals surface area contributed by atoms with Crippen LogP contribution in [0.3, 0.4) is 0 Å². The summed E-state index contributed by atoms with van der Waals surface area (Å²) in [5.74, 6) is 0.198. The van der Waals surface area contributed by atoms with Gasteiger partial charge in [0.2, 0.25) is 0 Å². The van der Waals surface area contributed by atoms with Gasteiger partial charge >= 0.3 is 0 Å². The lowest BCUT2D eigenvalue weighted by Gasteiger charge is -2.23. The Bertz CT molecular complexity index is 839. The van der Waals surface area contributed by atoms with Gasteiger partial charge in [0.05, 0.1) is 16.0 Å². The van der Waals surface area contributed by atoms with Gasteiger partial charge in [-0.25, -0.2) is 0 Å². The van der Waals surface area contributed by atoms with E-state index in [2.05, 4.69) is 0 Å². The van der Waals surface area contributed by atoms with E-state index < -0.39 is 16.0 Å². The summed E-state index contributed by atoms with van der Waals surface area (Å²) in [6.45, 7) is 6.11. The molecule has 1 aliphatic rings. The van der Waals surface area contributed by atoms with Crippen LogP contribution in [0.15, 0.2) is 47.4 Å². The first-order chi connectivity index (χ1) is 11.8. The third kappa shape index (κ3) is 3.69. The highest BCUT2D eigenvalue weighted by Crippen LogP contribution is 2.32. The van der Waals surface area contributed by atoms with Crippen LogP contribution >= 0.6 is 0 Å². The zero-order valence-corrected chi connectivity index (χ0v) is 15.7. The van der Waals surface area contributed by atoms with Gasteiger partial charge in [0, 0.05) is 12.7 Å². The van der Waals surface area contributed by atoms with E-state index in [1.165, 1.54) is 0 Å². The van der Waals surface area contributed by atoms with Gasteiger partial charge in [0.15, 0.2) is 5.78 Å². The molecule has 134 valence electrons. The Morgan fingerprint density at radius 3 is 2.64 bits per heavy atom. The van der Waals surface area contributed by atoms with Crippen molar-refractivity contribution in [3.8, 4) is 5.75 Å². The van der Waals surface area contributed by atoms with Gasteiger partial charge in [-0.2, -0.15) is 0 Å². The van der Waals surface area contributed by atoms with E-state index in [9.17, 15) is 14.1 Å². The number of Topliss-reactive ketones (excluding diaryl/α,β-unsaturated/α-hetero) is 1. The molecule has 4 heteroatoms. The molecule has 2 aromatic carbocycles. The number of phenols is 1. The average Bonchev–Trinajstić information content (AvgIpc) is 2.54. The zero-order chi connectivity index (χ0) is 18.2. The van der Waals surface area contributed by atoms with Gasteiger partial charge in [-0.05, 0) is 47.1 Å². The number of benzene rings is 2. The Morgan fingerprint density at radius 1 is 1.24 bits per heavy atom. The molecule has 2 atom stereocenters. The summed E-state index contributed by atoms with van der Waals surface area (Å²) in [6.07, 6.45) is 1.61. The summed E-state index contributed by atoms with van der Waals surface area (Å²) < 4.78 is 12.7. The van der Waals surface area contributed by atoms with E-state index >= 15 is 0 Å². The van der Waals surface area contributed by atoms with Crippen LogP contribution in [0.1, 0.15) is 45.3 Å². The van der Waals surface area contributed by atoms with Gasteiger partial charge in [-0.15, -0.1) is 0 Å². The van der Waals surface area contributed by atoms with Crippen molar-refractivity contribution in [2.45, 2.75) is 55.6 Å². The molecule has 0 amide bonds. The molecule has 0 bridgehead atoms. The molecule has 3 rings (SSSR count). The summed E-state index contributed by atoms with van der Waals surface area (Å²) in [7, 11) is -1.29. The van der Waals surface area contributed by atoms with Gasteiger partial charge in [0.25, 0.3) is 0 Å². The molecule has 0 aliphatic carbocycles. The Morgan fingerprint density at radius 2 is 1.96 bits per heavy atom. The molecule has 0 saturated heterocycles. The number of phenolic OH excluding ortho intramolecular Hbond substituents is 1. The normalized spacial score (nSPS) is 20.1. The smallest absolute Gasteiger partial charge is 0.153 e. The molecule has 2 unspecified atom stereocenters. The number of aromatic hydroxyl groups is 1. The fourth-order valence-corrected chi connectivity index (χ4v) is 4.97. The lowest BCUT2D eigenvalue weighted by atomic mass is 9.85. The second-order valence-corrected chi connectivity index (χ2v) is 9.28. The molecule has 0 aromatic heterocycles. The van der Waals surface area contributed by atoms with Crippen molar-refractivity contribution in [3.05, 3.63) is 59.2 Å². The molecule has 1 heterocycles. The topological polar surface area (TPSA) is 54.4 Å². The predicted octanol–water partition coefficient (Wildman–Crippen LogP) is 4.17. The van der Waals surface area contributed by atoms with Crippen LogP contribution in [-0.4, -0.2) is 20.3 Å². The van der Waals surface area contributed by atoms with E-state index in [0.717, 1.165) is 28.0 Å². The van der Waals surface area contributed by atoms with E-state index in [1.54, 1.807) is 6.07 Å². The van der Waals surface area contributed by atoms with Crippen molar-refractivity contribution in [2.24, 2.45) is 0 Å². The van der Waals surface area contributed by atoms with Crippen molar-refractivity contribution in [1.82, 2.24) is 0 Å². The van der Waals surface area contributed by atoms with E-state index in [0.29, 0.717) is 6.42 Å². The summed E-state index contributed by atoms with van der Waals surface area (Å²) in [4.78, 5) is 13.5. The quantitative estimate of drug-likeness (QED) is 0.896. The number of aryl methyl sites for hydroxylation is 1. The molecule has 1 N–H and O–H groups in total.